The van der Waals surface area contributed by atoms with E-state index in [1.165, 1.54) is 0 Å². The minimum Gasteiger partial charge on any atom is -0.494 e. The predicted octanol–water partition coefficient (Wildman–Crippen LogP) is 2.38. The number of aromatic nitrogens is 2. The molecule has 0 fully saturated rings. The van der Waals surface area contributed by atoms with Crippen molar-refractivity contribution in [2.24, 2.45) is 0 Å². The lowest BCUT2D eigenvalue weighted by Gasteiger charge is -2.14. The molecule has 1 N–H and O–H groups in total. The lowest BCUT2D eigenvalue weighted by atomic mass is 10.1. The van der Waals surface area contributed by atoms with Crippen molar-refractivity contribution in [3.8, 4) is 5.75 Å². The standard InChI is InChI=1S/C14H18N2O2/c1-3-16-13(8-9-15-16)14(17)11-6-5-7-12(10-11)18-4-2/h5-10,14,17H,3-4H2,1-2H3. The number of hydrogen-bond donors (Lipinski definition) is 1. The van der Waals surface area contributed by atoms with Crippen LogP contribution in [0.25, 0.3) is 0 Å². The molecule has 0 radical (unpaired) electrons. The molecule has 4 heteroatoms. The van der Waals surface area contributed by atoms with Crippen LogP contribution < -0.4 is 4.74 Å². The number of aliphatic hydroxyl groups excluding tert-OH is 1. The summed E-state index contributed by atoms with van der Waals surface area (Å²) in [6.07, 6.45) is 1.03. The number of hydrogen-bond acceptors (Lipinski definition) is 3. The van der Waals surface area contributed by atoms with Crippen LogP contribution in [0.15, 0.2) is 36.5 Å². The molecule has 1 heterocycles. The van der Waals surface area contributed by atoms with E-state index < -0.39 is 6.10 Å². The molecule has 1 aromatic carbocycles. The predicted molar refractivity (Wildman–Crippen MR) is 69.6 cm³/mol. The smallest absolute Gasteiger partial charge is 0.121 e. The zero-order chi connectivity index (χ0) is 13.0. The summed E-state index contributed by atoms with van der Waals surface area (Å²) >= 11 is 0. The van der Waals surface area contributed by atoms with Gasteiger partial charge in [-0.15, -0.1) is 0 Å². The van der Waals surface area contributed by atoms with E-state index in [-0.39, 0.29) is 0 Å². The van der Waals surface area contributed by atoms with E-state index in [9.17, 15) is 5.11 Å². The summed E-state index contributed by atoms with van der Waals surface area (Å²) in [6, 6.07) is 9.36. The minimum absolute atomic E-state index is 0.618. The second-order valence-electron chi connectivity index (χ2n) is 3.98. The third-order valence-electron chi connectivity index (χ3n) is 2.81. The molecular weight excluding hydrogens is 228 g/mol. The highest BCUT2D eigenvalue weighted by atomic mass is 16.5. The first kappa shape index (κ1) is 12.6. The van der Waals surface area contributed by atoms with Gasteiger partial charge in [-0.2, -0.15) is 5.10 Å². The Balaban J connectivity index is 2.28. The van der Waals surface area contributed by atoms with Crippen molar-refractivity contribution in [1.82, 2.24) is 9.78 Å². The van der Waals surface area contributed by atoms with Gasteiger partial charge in [0.15, 0.2) is 0 Å². The highest BCUT2D eigenvalue weighted by Crippen LogP contribution is 2.24. The van der Waals surface area contributed by atoms with E-state index in [0.29, 0.717) is 6.61 Å². The van der Waals surface area contributed by atoms with Crippen LogP contribution in [-0.4, -0.2) is 21.5 Å². The Bertz CT molecular complexity index is 508. The minimum atomic E-state index is -0.673. The van der Waals surface area contributed by atoms with E-state index >= 15 is 0 Å². The summed E-state index contributed by atoms with van der Waals surface area (Å²) in [7, 11) is 0. The maximum absolute atomic E-state index is 10.4. The van der Waals surface area contributed by atoms with Gasteiger partial charge in [-0.05, 0) is 37.6 Å². The average molecular weight is 246 g/mol. The number of aliphatic hydroxyl groups is 1. The fourth-order valence-corrected chi connectivity index (χ4v) is 1.95. The summed E-state index contributed by atoms with van der Waals surface area (Å²) < 4.78 is 7.23. The van der Waals surface area contributed by atoms with Crippen molar-refractivity contribution in [1.29, 1.82) is 0 Å². The Labute approximate surface area is 107 Å². The summed E-state index contributed by atoms with van der Waals surface area (Å²) in [6.45, 7) is 5.30. The number of benzene rings is 1. The molecule has 0 bridgehead atoms. The van der Waals surface area contributed by atoms with Crippen LogP contribution in [0.5, 0.6) is 5.75 Å². The molecule has 0 amide bonds. The van der Waals surface area contributed by atoms with Gasteiger partial charge in [-0.1, -0.05) is 12.1 Å². The first-order valence-electron chi connectivity index (χ1n) is 6.18. The van der Waals surface area contributed by atoms with E-state index in [4.69, 9.17) is 4.74 Å². The molecule has 0 saturated carbocycles. The molecule has 1 atom stereocenters. The first-order chi connectivity index (χ1) is 8.76. The Morgan fingerprint density at radius 1 is 1.33 bits per heavy atom. The van der Waals surface area contributed by atoms with Crippen molar-refractivity contribution >= 4 is 0 Å². The molecule has 0 saturated heterocycles. The summed E-state index contributed by atoms with van der Waals surface area (Å²) in [5.41, 5.74) is 1.61. The molecule has 96 valence electrons. The summed E-state index contributed by atoms with van der Waals surface area (Å²) in [5.74, 6) is 0.775. The van der Waals surface area contributed by atoms with Crippen LogP contribution in [0.1, 0.15) is 31.2 Å². The SMILES string of the molecule is CCOc1cccc(C(O)c2ccnn2CC)c1. The molecule has 2 aromatic rings. The van der Waals surface area contributed by atoms with Gasteiger partial charge in [0.1, 0.15) is 11.9 Å². The van der Waals surface area contributed by atoms with Crippen LogP contribution in [0, 0.1) is 0 Å². The molecule has 4 nitrogen and oxygen atoms in total. The molecule has 1 aromatic heterocycles. The molecule has 0 aliphatic heterocycles. The zero-order valence-electron chi connectivity index (χ0n) is 10.7. The van der Waals surface area contributed by atoms with Crippen molar-refractivity contribution in [3.63, 3.8) is 0 Å². The van der Waals surface area contributed by atoms with Crippen molar-refractivity contribution in [3.05, 3.63) is 47.8 Å². The lowest BCUT2D eigenvalue weighted by molar-refractivity contribution is 0.207. The average Bonchev–Trinajstić information content (AvgIpc) is 2.87. The Morgan fingerprint density at radius 2 is 2.17 bits per heavy atom. The maximum atomic E-state index is 10.4. The second-order valence-corrected chi connectivity index (χ2v) is 3.98. The van der Waals surface area contributed by atoms with Gasteiger partial charge in [0.2, 0.25) is 0 Å². The monoisotopic (exact) mass is 246 g/mol. The first-order valence-corrected chi connectivity index (χ1v) is 6.18. The fourth-order valence-electron chi connectivity index (χ4n) is 1.95. The van der Waals surface area contributed by atoms with E-state index in [2.05, 4.69) is 5.10 Å². The van der Waals surface area contributed by atoms with Gasteiger partial charge in [0, 0.05) is 12.7 Å². The van der Waals surface area contributed by atoms with Crippen molar-refractivity contribution in [2.45, 2.75) is 26.5 Å². The topological polar surface area (TPSA) is 47.3 Å². The fraction of sp³-hybridized carbons (Fsp3) is 0.357. The zero-order valence-corrected chi connectivity index (χ0v) is 10.7. The molecule has 0 aliphatic carbocycles. The molecular formula is C14H18N2O2. The summed E-state index contributed by atoms with van der Waals surface area (Å²) in [5, 5.41) is 14.5. The quantitative estimate of drug-likeness (QED) is 0.881. The molecule has 18 heavy (non-hydrogen) atoms. The van der Waals surface area contributed by atoms with E-state index in [0.717, 1.165) is 23.6 Å². The Morgan fingerprint density at radius 3 is 2.89 bits per heavy atom. The molecule has 0 spiro atoms. The van der Waals surface area contributed by atoms with Gasteiger partial charge < -0.3 is 9.84 Å². The third-order valence-corrected chi connectivity index (χ3v) is 2.81. The van der Waals surface area contributed by atoms with Gasteiger partial charge in [-0.3, -0.25) is 4.68 Å². The highest BCUT2D eigenvalue weighted by molar-refractivity contribution is 5.33. The maximum Gasteiger partial charge on any atom is 0.121 e. The van der Waals surface area contributed by atoms with E-state index in [1.807, 2.05) is 44.2 Å². The van der Waals surface area contributed by atoms with Gasteiger partial charge in [0.05, 0.1) is 12.3 Å². The number of ether oxygens (including phenoxy) is 1. The highest BCUT2D eigenvalue weighted by Gasteiger charge is 2.15. The number of nitrogens with zero attached hydrogens (tertiary/aromatic N) is 2. The lowest BCUT2D eigenvalue weighted by Crippen LogP contribution is -2.09. The molecule has 0 aliphatic rings. The van der Waals surface area contributed by atoms with Gasteiger partial charge >= 0.3 is 0 Å². The molecule has 2 rings (SSSR count). The Hall–Kier alpha value is -1.81. The summed E-state index contributed by atoms with van der Waals surface area (Å²) in [4.78, 5) is 0. The Kier molecular flexibility index (Phi) is 3.99. The number of rotatable bonds is 5. The number of aryl methyl sites for hydroxylation is 1. The van der Waals surface area contributed by atoms with Crippen molar-refractivity contribution in [2.75, 3.05) is 6.61 Å². The normalized spacial score (nSPS) is 12.4. The van der Waals surface area contributed by atoms with Crippen LogP contribution >= 0.6 is 0 Å². The largest absolute Gasteiger partial charge is 0.494 e. The second kappa shape index (κ2) is 5.69. The molecule has 1 unspecified atom stereocenters. The third kappa shape index (κ3) is 2.54. The van der Waals surface area contributed by atoms with E-state index in [1.54, 1.807) is 10.9 Å². The van der Waals surface area contributed by atoms with Crippen LogP contribution in [0.2, 0.25) is 0 Å². The van der Waals surface area contributed by atoms with Crippen LogP contribution in [-0.2, 0) is 6.54 Å². The van der Waals surface area contributed by atoms with Crippen LogP contribution in [0.3, 0.4) is 0 Å². The van der Waals surface area contributed by atoms with Gasteiger partial charge in [0.25, 0.3) is 0 Å². The van der Waals surface area contributed by atoms with Gasteiger partial charge in [-0.25, -0.2) is 0 Å². The van der Waals surface area contributed by atoms with Crippen LogP contribution in [0.4, 0.5) is 0 Å². The van der Waals surface area contributed by atoms with Crippen molar-refractivity contribution < 1.29 is 9.84 Å².